The lowest BCUT2D eigenvalue weighted by Crippen LogP contribution is -2.25. The molecule has 0 fully saturated rings. The highest BCUT2D eigenvalue weighted by Gasteiger charge is 2.31. The molecule has 2 rings (SSSR count). The number of thioether (sulfide) groups is 1. The molecule has 0 aliphatic rings. The molecule has 2 aromatic rings. The molecule has 0 spiro atoms. The summed E-state index contributed by atoms with van der Waals surface area (Å²) in [5.74, 6) is 0.101. The molecule has 0 unspecified atom stereocenters. The number of aryl methyl sites for hydroxylation is 1. The van der Waals surface area contributed by atoms with Crippen LogP contribution in [0, 0.1) is 0 Å². The van der Waals surface area contributed by atoms with Gasteiger partial charge in [0.25, 0.3) is 0 Å². The van der Waals surface area contributed by atoms with Crippen molar-refractivity contribution in [1.29, 1.82) is 0 Å². The number of nitrogens with zero attached hydrogens (tertiary/aromatic N) is 2. The van der Waals surface area contributed by atoms with E-state index in [0.29, 0.717) is 11.6 Å². The van der Waals surface area contributed by atoms with Gasteiger partial charge in [-0.1, -0.05) is 36.9 Å². The van der Waals surface area contributed by atoms with E-state index in [-0.39, 0.29) is 29.5 Å². The smallest absolute Gasteiger partial charge is 0.405 e. The summed E-state index contributed by atoms with van der Waals surface area (Å²) in [4.78, 5) is 15.9. The highest BCUT2D eigenvalue weighted by atomic mass is 32.2. The fourth-order valence-corrected chi connectivity index (χ4v) is 2.40. The van der Waals surface area contributed by atoms with Crippen molar-refractivity contribution in [2.45, 2.75) is 31.4 Å². The van der Waals surface area contributed by atoms with E-state index in [9.17, 15) is 18.0 Å². The lowest BCUT2D eigenvalue weighted by molar-refractivity contribution is -0.274. The van der Waals surface area contributed by atoms with Crippen molar-refractivity contribution in [2.75, 3.05) is 5.75 Å². The Bertz CT molecular complexity index is 691. The number of aromatic amines is 1. The van der Waals surface area contributed by atoms with Gasteiger partial charge in [0.15, 0.2) is 0 Å². The zero-order chi connectivity index (χ0) is 17.6. The number of benzene rings is 1. The summed E-state index contributed by atoms with van der Waals surface area (Å²) in [6.07, 6.45) is -4.08. The maximum absolute atomic E-state index is 12.3. The Labute approximate surface area is 140 Å². The van der Waals surface area contributed by atoms with E-state index in [1.807, 2.05) is 6.92 Å². The summed E-state index contributed by atoms with van der Waals surface area (Å²) in [6.45, 7) is 1.85. The van der Waals surface area contributed by atoms with Crippen LogP contribution in [0.5, 0.6) is 5.75 Å². The second-order valence-corrected chi connectivity index (χ2v) is 5.58. The third kappa shape index (κ3) is 5.76. The second-order valence-electron chi connectivity index (χ2n) is 4.64. The van der Waals surface area contributed by atoms with Crippen LogP contribution in [0.25, 0.3) is 0 Å². The summed E-state index contributed by atoms with van der Waals surface area (Å²) in [7, 11) is 0. The molecule has 0 radical (unpaired) electrons. The maximum atomic E-state index is 12.3. The van der Waals surface area contributed by atoms with Gasteiger partial charge in [-0.05, 0) is 6.07 Å². The number of nitrogens with one attached hydrogen (secondary N) is 2. The normalized spacial score (nSPS) is 11.3. The Balaban J connectivity index is 1.85. The predicted molar refractivity (Wildman–Crippen MR) is 81.5 cm³/mol. The van der Waals surface area contributed by atoms with Gasteiger partial charge in [0.2, 0.25) is 11.1 Å². The Morgan fingerprint density at radius 1 is 1.38 bits per heavy atom. The van der Waals surface area contributed by atoms with Crippen LogP contribution in [0.1, 0.15) is 18.3 Å². The largest absolute Gasteiger partial charge is 0.573 e. The average molecular weight is 360 g/mol. The summed E-state index contributed by atoms with van der Waals surface area (Å²) < 4.78 is 40.9. The van der Waals surface area contributed by atoms with Crippen LogP contribution in [-0.4, -0.2) is 33.2 Å². The van der Waals surface area contributed by atoms with Crippen LogP contribution in [-0.2, 0) is 17.8 Å². The predicted octanol–water partition coefficient (Wildman–Crippen LogP) is 2.67. The molecule has 1 aromatic carbocycles. The monoisotopic (exact) mass is 360 g/mol. The molecule has 1 aromatic heterocycles. The minimum absolute atomic E-state index is 0.0588. The van der Waals surface area contributed by atoms with Crippen LogP contribution in [0.2, 0.25) is 0 Å². The van der Waals surface area contributed by atoms with Crippen LogP contribution in [0.15, 0.2) is 29.4 Å². The Morgan fingerprint density at radius 3 is 2.79 bits per heavy atom. The molecule has 6 nitrogen and oxygen atoms in total. The van der Waals surface area contributed by atoms with Crippen molar-refractivity contribution in [1.82, 2.24) is 20.5 Å². The van der Waals surface area contributed by atoms with Gasteiger partial charge >= 0.3 is 6.36 Å². The Morgan fingerprint density at radius 2 is 2.12 bits per heavy atom. The summed E-state index contributed by atoms with van der Waals surface area (Å²) in [5.41, 5.74) is 0.235. The molecule has 0 saturated carbocycles. The van der Waals surface area contributed by atoms with Gasteiger partial charge in [-0.2, -0.15) is 0 Å². The van der Waals surface area contributed by atoms with Crippen LogP contribution >= 0.6 is 11.8 Å². The van der Waals surface area contributed by atoms with E-state index in [1.54, 1.807) is 6.07 Å². The molecular formula is C14H15F3N4O2S. The van der Waals surface area contributed by atoms with Crippen molar-refractivity contribution in [3.05, 3.63) is 35.7 Å². The number of aromatic nitrogens is 3. The maximum Gasteiger partial charge on any atom is 0.573 e. The molecule has 0 aliphatic heterocycles. The number of halogens is 3. The lowest BCUT2D eigenvalue weighted by atomic mass is 10.2. The molecule has 0 atom stereocenters. The quantitative estimate of drug-likeness (QED) is 0.742. The van der Waals surface area contributed by atoms with Crippen LogP contribution in [0.3, 0.4) is 0 Å². The average Bonchev–Trinajstić information content (AvgIpc) is 2.98. The third-order valence-corrected chi connectivity index (χ3v) is 3.70. The second kappa shape index (κ2) is 8.04. The molecule has 24 heavy (non-hydrogen) atoms. The van der Waals surface area contributed by atoms with E-state index in [0.717, 1.165) is 17.6 Å². The zero-order valence-electron chi connectivity index (χ0n) is 12.7. The summed E-state index contributed by atoms with van der Waals surface area (Å²) >= 11 is 1.14. The van der Waals surface area contributed by atoms with Crippen LogP contribution in [0.4, 0.5) is 13.2 Å². The molecule has 1 heterocycles. The number of H-pyrrole nitrogens is 1. The minimum Gasteiger partial charge on any atom is -0.405 e. The highest BCUT2D eigenvalue weighted by molar-refractivity contribution is 7.99. The molecule has 0 aliphatic carbocycles. The van der Waals surface area contributed by atoms with Gasteiger partial charge in [-0.3, -0.25) is 9.89 Å². The molecule has 0 saturated heterocycles. The summed E-state index contributed by atoms with van der Waals surface area (Å²) in [5, 5.41) is 9.65. The lowest BCUT2D eigenvalue weighted by Gasteiger charge is -2.13. The van der Waals surface area contributed by atoms with Gasteiger partial charge in [0, 0.05) is 18.5 Å². The van der Waals surface area contributed by atoms with Crippen molar-refractivity contribution in [3.63, 3.8) is 0 Å². The Hall–Kier alpha value is -2.23. The number of carbonyl (C=O) groups excluding carboxylic acids is 1. The number of carbonyl (C=O) groups is 1. The van der Waals surface area contributed by atoms with Gasteiger partial charge in [-0.15, -0.1) is 18.3 Å². The standard InChI is InChI=1S/C14H15F3N4O2S/c1-2-11-19-13(21-20-11)24-8-12(22)18-7-9-5-3-4-6-10(9)23-14(15,16)17/h3-6H,2,7-8H2,1H3,(H,18,22)(H,19,20,21). The van der Waals surface area contributed by atoms with E-state index < -0.39 is 6.36 Å². The van der Waals surface area contributed by atoms with E-state index in [1.165, 1.54) is 18.2 Å². The van der Waals surface area contributed by atoms with Gasteiger partial charge < -0.3 is 10.1 Å². The van der Waals surface area contributed by atoms with E-state index >= 15 is 0 Å². The van der Waals surface area contributed by atoms with Gasteiger partial charge in [0.1, 0.15) is 11.6 Å². The van der Waals surface area contributed by atoms with Crippen molar-refractivity contribution < 1.29 is 22.7 Å². The van der Waals surface area contributed by atoms with Gasteiger partial charge in [-0.25, -0.2) is 4.98 Å². The molecule has 0 bridgehead atoms. The molecule has 2 N–H and O–H groups in total. The molecule has 10 heteroatoms. The zero-order valence-corrected chi connectivity index (χ0v) is 13.5. The number of para-hydroxylation sites is 1. The summed E-state index contributed by atoms with van der Waals surface area (Å²) in [6, 6.07) is 5.65. The topological polar surface area (TPSA) is 79.9 Å². The number of amides is 1. The van der Waals surface area contributed by atoms with Crippen molar-refractivity contribution in [3.8, 4) is 5.75 Å². The number of hydrogen-bond donors (Lipinski definition) is 2. The van der Waals surface area contributed by atoms with Crippen LogP contribution < -0.4 is 10.1 Å². The number of hydrogen-bond acceptors (Lipinski definition) is 5. The highest BCUT2D eigenvalue weighted by Crippen LogP contribution is 2.26. The molecule has 130 valence electrons. The Kier molecular flexibility index (Phi) is 6.07. The molecular weight excluding hydrogens is 345 g/mol. The first kappa shape index (κ1) is 18.1. The first-order valence-electron chi connectivity index (χ1n) is 7.02. The fraction of sp³-hybridized carbons (Fsp3) is 0.357. The number of alkyl halides is 3. The number of rotatable bonds is 7. The fourth-order valence-electron chi connectivity index (χ4n) is 1.75. The first-order chi connectivity index (χ1) is 11.4. The van der Waals surface area contributed by atoms with Crippen molar-refractivity contribution in [2.24, 2.45) is 0 Å². The first-order valence-corrected chi connectivity index (χ1v) is 8.00. The molecule has 1 amide bonds. The van der Waals surface area contributed by atoms with E-state index in [4.69, 9.17) is 0 Å². The SMILES string of the molecule is CCc1nc(SCC(=O)NCc2ccccc2OC(F)(F)F)n[nH]1. The minimum atomic E-state index is -4.78. The number of ether oxygens (including phenoxy) is 1. The third-order valence-electron chi connectivity index (χ3n) is 2.85. The van der Waals surface area contributed by atoms with Gasteiger partial charge in [0.05, 0.1) is 5.75 Å². The van der Waals surface area contributed by atoms with Crippen molar-refractivity contribution >= 4 is 17.7 Å². The van der Waals surface area contributed by atoms with E-state index in [2.05, 4.69) is 25.2 Å².